The van der Waals surface area contributed by atoms with E-state index < -0.39 is 10.9 Å². The van der Waals surface area contributed by atoms with Crippen LogP contribution in [0.4, 0.5) is 11.4 Å². The summed E-state index contributed by atoms with van der Waals surface area (Å²) < 4.78 is 4.86. The molecule has 0 aliphatic heterocycles. The molecular weight excluding hydrogens is 268 g/mol. The van der Waals surface area contributed by atoms with Crippen LogP contribution in [-0.2, 0) is 9.53 Å². The van der Waals surface area contributed by atoms with Gasteiger partial charge in [0, 0.05) is 32.7 Å². The maximum atomic E-state index is 11.6. The van der Waals surface area contributed by atoms with Gasteiger partial charge in [-0.1, -0.05) is 0 Å². The third-order valence-corrected chi connectivity index (χ3v) is 2.61. The molecule has 1 rings (SSSR count). The molecule has 0 saturated carbocycles. The summed E-state index contributed by atoms with van der Waals surface area (Å²) >= 11 is 0. The first kappa shape index (κ1) is 15.6. The maximum Gasteiger partial charge on any atom is 0.338 e. The molecule has 0 aromatic heterocycles. The normalized spacial score (nSPS) is 10.1. The standard InChI is InChI=1S/C12H14N2O6/c1-8(15)13(5-6-20-2)11-4-3-9(14(18)19)7-10(11)12(16)17/h3-4,7H,5-6H2,1-2H3,(H,16,17). The fraction of sp³-hybridized carbons (Fsp3) is 0.333. The van der Waals surface area contributed by atoms with Crippen LogP contribution >= 0.6 is 0 Å². The van der Waals surface area contributed by atoms with Gasteiger partial charge in [-0.3, -0.25) is 14.9 Å². The zero-order valence-corrected chi connectivity index (χ0v) is 11.0. The number of hydrogen-bond acceptors (Lipinski definition) is 5. The number of carbonyl (C=O) groups is 2. The lowest BCUT2D eigenvalue weighted by Crippen LogP contribution is -2.33. The van der Waals surface area contributed by atoms with Gasteiger partial charge >= 0.3 is 5.97 Å². The fourth-order valence-corrected chi connectivity index (χ4v) is 1.67. The molecular formula is C12H14N2O6. The van der Waals surface area contributed by atoms with Gasteiger partial charge in [-0.2, -0.15) is 0 Å². The van der Waals surface area contributed by atoms with Crippen molar-refractivity contribution in [3.63, 3.8) is 0 Å². The van der Waals surface area contributed by atoms with Crippen LogP contribution in [0.25, 0.3) is 0 Å². The van der Waals surface area contributed by atoms with Gasteiger partial charge in [-0.15, -0.1) is 0 Å². The fourth-order valence-electron chi connectivity index (χ4n) is 1.67. The van der Waals surface area contributed by atoms with Gasteiger partial charge in [0.25, 0.3) is 5.69 Å². The van der Waals surface area contributed by atoms with Crippen molar-refractivity contribution in [1.29, 1.82) is 0 Å². The maximum absolute atomic E-state index is 11.6. The van der Waals surface area contributed by atoms with E-state index in [1.165, 1.54) is 25.0 Å². The van der Waals surface area contributed by atoms with Gasteiger partial charge in [0.15, 0.2) is 0 Å². The van der Waals surface area contributed by atoms with Crippen molar-refractivity contribution in [1.82, 2.24) is 0 Å². The van der Waals surface area contributed by atoms with Gasteiger partial charge in [0.05, 0.1) is 22.8 Å². The van der Waals surface area contributed by atoms with Crippen molar-refractivity contribution >= 4 is 23.3 Å². The first-order chi connectivity index (χ1) is 9.38. The second-order valence-electron chi connectivity index (χ2n) is 3.93. The largest absolute Gasteiger partial charge is 0.478 e. The van der Waals surface area contributed by atoms with E-state index in [1.807, 2.05) is 0 Å². The number of carbonyl (C=O) groups excluding carboxylic acids is 1. The monoisotopic (exact) mass is 282 g/mol. The number of aromatic carboxylic acids is 1. The molecule has 0 radical (unpaired) electrons. The first-order valence-electron chi connectivity index (χ1n) is 5.67. The van der Waals surface area contributed by atoms with Crippen molar-refractivity contribution in [3.8, 4) is 0 Å². The third-order valence-electron chi connectivity index (χ3n) is 2.61. The van der Waals surface area contributed by atoms with Gasteiger partial charge in [0.2, 0.25) is 5.91 Å². The number of benzene rings is 1. The van der Waals surface area contributed by atoms with Crippen LogP contribution in [0.1, 0.15) is 17.3 Å². The minimum atomic E-state index is -1.34. The van der Waals surface area contributed by atoms with Gasteiger partial charge < -0.3 is 14.7 Å². The lowest BCUT2D eigenvalue weighted by Gasteiger charge is -2.22. The average molecular weight is 282 g/mol. The summed E-state index contributed by atoms with van der Waals surface area (Å²) in [5, 5.41) is 19.8. The highest BCUT2D eigenvalue weighted by Crippen LogP contribution is 2.25. The molecule has 0 bridgehead atoms. The van der Waals surface area contributed by atoms with Crippen LogP contribution in [-0.4, -0.2) is 42.2 Å². The number of anilines is 1. The van der Waals surface area contributed by atoms with Crippen molar-refractivity contribution < 1.29 is 24.4 Å². The molecule has 1 amide bonds. The van der Waals surface area contributed by atoms with Crippen LogP contribution < -0.4 is 4.90 Å². The Bertz CT molecular complexity index is 543. The van der Waals surface area contributed by atoms with E-state index in [0.717, 1.165) is 12.1 Å². The molecule has 0 saturated heterocycles. The number of ether oxygens (including phenoxy) is 1. The zero-order chi connectivity index (χ0) is 15.3. The van der Waals surface area contributed by atoms with E-state index in [9.17, 15) is 19.7 Å². The Balaban J connectivity index is 3.29. The third kappa shape index (κ3) is 3.51. The molecule has 20 heavy (non-hydrogen) atoms. The number of hydrogen-bond donors (Lipinski definition) is 1. The number of non-ortho nitro benzene ring substituents is 1. The van der Waals surface area contributed by atoms with E-state index in [2.05, 4.69) is 0 Å². The Morgan fingerprint density at radius 3 is 2.55 bits per heavy atom. The van der Waals surface area contributed by atoms with Gasteiger partial charge in [-0.25, -0.2) is 4.79 Å². The molecule has 0 unspecified atom stereocenters. The highest BCUT2D eigenvalue weighted by molar-refractivity contribution is 6.01. The number of nitrogens with zero attached hydrogens (tertiary/aromatic N) is 2. The second kappa shape index (κ2) is 6.62. The average Bonchev–Trinajstić information content (AvgIpc) is 2.38. The summed E-state index contributed by atoms with van der Waals surface area (Å²) in [6.45, 7) is 1.66. The molecule has 8 nitrogen and oxygen atoms in total. The minimum absolute atomic E-state index is 0.104. The summed E-state index contributed by atoms with van der Waals surface area (Å²) in [5.41, 5.74) is -0.542. The highest BCUT2D eigenvalue weighted by atomic mass is 16.6. The van der Waals surface area contributed by atoms with E-state index in [4.69, 9.17) is 9.84 Å². The topological polar surface area (TPSA) is 110 Å². The van der Waals surface area contributed by atoms with Crippen LogP contribution in [0.5, 0.6) is 0 Å². The summed E-state index contributed by atoms with van der Waals surface area (Å²) in [7, 11) is 1.45. The number of carboxylic acid groups (broad SMARTS) is 1. The molecule has 1 aromatic rings. The SMILES string of the molecule is COCCN(C(C)=O)c1ccc([N+](=O)[O-])cc1C(=O)O. The number of rotatable bonds is 6. The Morgan fingerprint density at radius 1 is 1.45 bits per heavy atom. The first-order valence-corrected chi connectivity index (χ1v) is 5.67. The smallest absolute Gasteiger partial charge is 0.338 e. The molecule has 0 atom stereocenters. The summed E-state index contributed by atoms with van der Waals surface area (Å²) in [5.74, 6) is -1.72. The Labute approximate surface area is 114 Å². The predicted octanol–water partition coefficient (Wildman–Crippen LogP) is 1.29. The molecule has 0 aliphatic rings. The van der Waals surface area contributed by atoms with Crippen LogP contribution in [0.2, 0.25) is 0 Å². The van der Waals surface area contributed by atoms with Crippen molar-refractivity contribution in [2.45, 2.75) is 6.92 Å². The number of nitro groups is 1. The molecule has 0 fully saturated rings. The van der Waals surface area contributed by atoms with E-state index in [-0.39, 0.29) is 36.0 Å². The zero-order valence-electron chi connectivity index (χ0n) is 11.0. The number of methoxy groups -OCH3 is 1. The number of amides is 1. The highest BCUT2D eigenvalue weighted by Gasteiger charge is 2.22. The van der Waals surface area contributed by atoms with Crippen LogP contribution in [0.3, 0.4) is 0 Å². The Kier molecular flexibility index (Phi) is 5.15. The van der Waals surface area contributed by atoms with Crippen LogP contribution in [0, 0.1) is 10.1 Å². The number of nitro benzene ring substituents is 1. The predicted molar refractivity (Wildman–Crippen MR) is 70.0 cm³/mol. The molecule has 0 aliphatic carbocycles. The molecule has 1 N–H and O–H groups in total. The molecule has 108 valence electrons. The van der Waals surface area contributed by atoms with Gasteiger partial charge in [0.1, 0.15) is 0 Å². The van der Waals surface area contributed by atoms with Gasteiger partial charge in [-0.05, 0) is 6.07 Å². The van der Waals surface area contributed by atoms with Crippen molar-refractivity contribution in [2.75, 3.05) is 25.2 Å². The van der Waals surface area contributed by atoms with E-state index in [0.29, 0.717) is 0 Å². The minimum Gasteiger partial charge on any atom is -0.478 e. The number of carboxylic acids is 1. The van der Waals surface area contributed by atoms with Crippen molar-refractivity contribution in [2.24, 2.45) is 0 Å². The lowest BCUT2D eigenvalue weighted by atomic mass is 10.1. The molecule has 0 spiro atoms. The summed E-state index contributed by atoms with van der Waals surface area (Å²) in [6.07, 6.45) is 0. The Hall–Kier alpha value is -2.48. The molecule has 0 heterocycles. The quantitative estimate of drug-likeness (QED) is 0.621. The van der Waals surface area contributed by atoms with Crippen LogP contribution in [0.15, 0.2) is 18.2 Å². The van der Waals surface area contributed by atoms with Crippen molar-refractivity contribution in [3.05, 3.63) is 33.9 Å². The molecule has 8 heteroatoms. The molecule has 1 aromatic carbocycles. The summed E-state index contributed by atoms with van der Waals surface area (Å²) in [6, 6.07) is 3.34. The second-order valence-corrected chi connectivity index (χ2v) is 3.93. The van der Waals surface area contributed by atoms with E-state index in [1.54, 1.807) is 0 Å². The summed E-state index contributed by atoms with van der Waals surface area (Å²) in [4.78, 5) is 34.0. The van der Waals surface area contributed by atoms with E-state index >= 15 is 0 Å². The Morgan fingerprint density at radius 2 is 2.10 bits per heavy atom. The lowest BCUT2D eigenvalue weighted by molar-refractivity contribution is -0.384.